The van der Waals surface area contributed by atoms with Crippen molar-refractivity contribution in [3.8, 4) is 0 Å². The SMILES string of the molecule is C=O.C=O.C=O.C=O.C=O.C=O.C=O.C=O.C=O.C=O.C=O.CC.CC(=O)N1CCCCC1.CC(C)C.CC(C)O.CCC(C)C.CCC(C)C.CCC(C)C.CCC(C)C.CCC(C)C.CCc1ccccc1.CCc1ccccc1.CN.CN.N.N.N.N.N.N.N.N.N. The summed E-state index contributed by atoms with van der Waals surface area (Å²) in [6, 6.07) is 20.9. The van der Waals surface area contributed by atoms with Gasteiger partial charge < -0.3 is 130 Å². The molecule has 3 rings (SSSR count). The molecule has 0 unspecified atom stereocenters. The highest BCUT2D eigenvalue weighted by atomic mass is 16.3. The van der Waals surface area contributed by atoms with E-state index >= 15 is 0 Å². The van der Waals surface area contributed by atoms with Gasteiger partial charge >= 0.3 is 0 Å². The summed E-state index contributed by atoms with van der Waals surface area (Å²) in [5, 5.41) is 8.06. The third-order valence-electron chi connectivity index (χ3n) is 8.39. The van der Waals surface area contributed by atoms with Crippen LogP contribution in [0, 0.1) is 35.5 Å². The second kappa shape index (κ2) is 278. The Bertz CT molecular complexity index is 1060. The third kappa shape index (κ3) is 504. The molecule has 594 valence electrons. The summed E-state index contributed by atoms with van der Waals surface area (Å²) in [5.74, 6) is 5.49. The van der Waals surface area contributed by atoms with Crippen LogP contribution in [0.5, 0.6) is 0 Å². The number of nitrogens with zero attached hydrogens (tertiary/aromatic N) is 1. The van der Waals surface area contributed by atoms with Crippen LogP contribution in [0.15, 0.2) is 60.7 Å². The number of carbonyl (C=O) groups excluding carboxylic acids is 12. The van der Waals surface area contributed by atoms with E-state index in [1.165, 1.54) is 76.6 Å². The summed E-state index contributed by atoms with van der Waals surface area (Å²) in [4.78, 5) is 101. The number of piperidine rings is 1. The minimum absolute atomic E-state index is 0. The van der Waals surface area contributed by atoms with Crippen molar-refractivity contribution in [1.82, 2.24) is 60.3 Å². The van der Waals surface area contributed by atoms with Crippen molar-refractivity contribution >= 4 is 80.6 Å². The Hall–Kier alpha value is -6.20. The number of hydrogen-bond acceptors (Lipinski definition) is 24. The van der Waals surface area contributed by atoms with E-state index in [1.54, 1.807) is 20.8 Å². The van der Waals surface area contributed by atoms with Crippen LogP contribution in [0.3, 0.4) is 0 Å². The molecule has 1 aliphatic rings. The van der Waals surface area contributed by atoms with Crippen LogP contribution in [0.2, 0.25) is 0 Å². The molecule has 1 heterocycles. The molecule has 0 aliphatic carbocycles. The molecule has 0 radical (unpaired) electrons. The Morgan fingerprint density at radius 3 is 0.526 bits per heavy atom. The Morgan fingerprint density at radius 2 is 0.463 bits per heavy atom. The first-order valence-corrected chi connectivity index (χ1v) is 29.3. The van der Waals surface area contributed by atoms with E-state index in [0.29, 0.717) is 0 Å². The average Bonchev–Trinajstić information content (AvgIpc) is 3.58. The van der Waals surface area contributed by atoms with Gasteiger partial charge in [0, 0.05) is 26.1 Å². The predicted octanol–water partition coefficient (Wildman–Crippen LogP) is 17.4. The number of amides is 1. The fourth-order valence-corrected chi connectivity index (χ4v) is 2.64. The third-order valence-corrected chi connectivity index (χ3v) is 8.39. The van der Waals surface area contributed by atoms with Gasteiger partial charge in [0.05, 0.1) is 0 Å². The van der Waals surface area contributed by atoms with Gasteiger partial charge in [0.15, 0.2) is 0 Å². The molecule has 25 nitrogen and oxygen atoms in total. The zero-order valence-electron chi connectivity index (χ0n) is 67.9. The van der Waals surface area contributed by atoms with Gasteiger partial charge in [-0.05, 0) is 107 Å². The van der Waals surface area contributed by atoms with Crippen molar-refractivity contribution in [3.63, 3.8) is 0 Å². The molecule has 1 aliphatic heterocycles. The number of nitrogens with two attached hydrogens (primary N) is 2. The zero-order chi connectivity index (χ0) is 74.9. The summed E-state index contributed by atoms with van der Waals surface area (Å²) in [5.41, 5.74) is 11.8. The molecule has 0 spiro atoms. The standard InChI is InChI=1S/2C8H10.C7H13NO.5C5H12.C4H10.C3H8O.C2H6.2CH5N.11CH2O.9H3N/c2*1-2-8-6-4-3-5-7-8;1-7(9)8-5-3-2-4-6-8;5*1-4-5(2)3;1-4(2)3;1-3(2)4;14*1-2;;;;;;;;;/h2*3-7H,2H2,1H3;2-6H2,1H3;5*5H,4H2,1-3H3;4H,1-3H3;3-4H,1-2H3;1-2H3;2*2H2,1H3;11*1H2;9*1H3. The number of hydrogen-bond donors (Lipinski definition) is 12. The lowest BCUT2D eigenvalue weighted by Crippen LogP contribution is -2.33. The summed E-state index contributed by atoms with van der Waals surface area (Å²) < 4.78 is 0. The highest BCUT2D eigenvalue weighted by molar-refractivity contribution is 5.73. The van der Waals surface area contributed by atoms with Gasteiger partial charge in [-0.25, -0.2) is 0 Å². The van der Waals surface area contributed by atoms with Gasteiger partial charge in [0.2, 0.25) is 5.91 Å². The Morgan fingerprint density at radius 1 is 0.347 bits per heavy atom. The molecule has 0 saturated carbocycles. The first-order chi connectivity index (χ1) is 41.0. The monoisotopic (exact) mass is 1390 g/mol. The van der Waals surface area contributed by atoms with Gasteiger partial charge in [-0.2, -0.15) is 0 Å². The fourth-order valence-electron chi connectivity index (χ4n) is 2.64. The highest BCUT2D eigenvalue weighted by Crippen LogP contribution is 2.08. The van der Waals surface area contributed by atoms with Crippen LogP contribution in [-0.4, -0.2) is 124 Å². The molecular weight excluding hydrogens is 1220 g/mol. The van der Waals surface area contributed by atoms with E-state index in [0.717, 1.165) is 61.4 Å². The Labute approximate surface area is 590 Å². The van der Waals surface area contributed by atoms with Crippen LogP contribution >= 0.6 is 0 Å². The molecule has 1 saturated heterocycles. The Balaban J connectivity index is -0.0000000169. The normalized spacial score (nSPS) is 7.36. The zero-order valence-corrected chi connectivity index (χ0v) is 67.9. The van der Waals surface area contributed by atoms with Gasteiger partial charge in [0.25, 0.3) is 0 Å². The number of benzene rings is 2. The maximum absolute atomic E-state index is 10.7. The number of aliphatic hydroxyl groups is 1. The first-order valence-electron chi connectivity index (χ1n) is 29.3. The van der Waals surface area contributed by atoms with Crippen molar-refractivity contribution in [2.75, 3.05) is 27.2 Å². The van der Waals surface area contributed by atoms with Gasteiger partial charge in [0.1, 0.15) is 74.7 Å². The van der Waals surface area contributed by atoms with Crippen molar-refractivity contribution in [1.29, 1.82) is 0 Å². The molecule has 25 heteroatoms. The van der Waals surface area contributed by atoms with E-state index < -0.39 is 0 Å². The second-order valence-electron chi connectivity index (χ2n) is 18.1. The number of aryl methyl sites for hydroxylation is 2. The lowest BCUT2D eigenvalue weighted by molar-refractivity contribution is -0.129. The van der Waals surface area contributed by atoms with Crippen LogP contribution in [0.1, 0.15) is 236 Å². The van der Waals surface area contributed by atoms with Crippen molar-refractivity contribution in [2.45, 2.75) is 243 Å². The molecule has 0 aromatic heterocycles. The van der Waals surface area contributed by atoms with Gasteiger partial charge in [-0.1, -0.05) is 245 Å². The number of rotatable bonds is 7. The van der Waals surface area contributed by atoms with Crippen LogP contribution in [0.25, 0.3) is 0 Å². The van der Waals surface area contributed by atoms with E-state index in [2.05, 4.69) is 198 Å². The summed E-state index contributed by atoms with van der Waals surface area (Å²) in [6.45, 7) is 77.1. The average molecular weight is 1390 g/mol. The van der Waals surface area contributed by atoms with Crippen molar-refractivity contribution in [3.05, 3.63) is 71.8 Å². The van der Waals surface area contributed by atoms with Crippen LogP contribution in [0.4, 0.5) is 0 Å². The van der Waals surface area contributed by atoms with Crippen molar-refractivity contribution in [2.24, 2.45) is 47.0 Å². The van der Waals surface area contributed by atoms with Crippen LogP contribution in [-0.2, 0) is 70.4 Å². The molecule has 95 heavy (non-hydrogen) atoms. The van der Waals surface area contributed by atoms with Gasteiger partial charge in [-0.3, -0.25) is 4.79 Å². The largest absolute Gasteiger partial charge is 0.394 e. The highest BCUT2D eigenvalue weighted by Gasteiger charge is 2.11. The van der Waals surface area contributed by atoms with E-state index in [9.17, 15) is 4.79 Å². The molecule has 0 atom stereocenters. The summed E-state index contributed by atoms with van der Waals surface area (Å²) >= 11 is 0. The quantitative estimate of drug-likeness (QED) is 0.122. The number of aliphatic hydroxyl groups excluding tert-OH is 1. The maximum Gasteiger partial charge on any atom is 0.219 e. The van der Waals surface area contributed by atoms with E-state index in [1.807, 2.05) is 106 Å². The molecule has 2 aromatic rings. The molecule has 1 fully saturated rings. The second-order valence-corrected chi connectivity index (χ2v) is 18.1. The van der Waals surface area contributed by atoms with E-state index in [-0.39, 0.29) is 67.4 Å². The molecular formula is C70H176N12O13. The molecule has 2 aromatic carbocycles. The van der Waals surface area contributed by atoms with Gasteiger partial charge in [-0.15, -0.1) is 0 Å². The van der Waals surface area contributed by atoms with E-state index in [4.69, 9.17) is 57.8 Å². The minimum Gasteiger partial charge on any atom is -0.394 e. The molecule has 0 bridgehead atoms. The lowest BCUT2D eigenvalue weighted by atomic mass is 10.1. The summed E-state index contributed by atoms with van der Waals surface area (Å²) in [7, 11) is 3.00. The fraction of sp³-hybridized carbons (Fsp3) is 0.657. The number of carbonyl (C=O) groups is 12. The maximum atomic E-state index is 10.7. The first kappa shape index (κ1) is 198. The van der Waals surface area contributed by atoms with Crippen molar-refractivity contribution < 1.29 is 62.6 Å². The molecule has 1 amide bonds. The Kier molecular flexibility index (Phi) is 579. The smallest absolute Gasteiger partial charge is 0.219 e. The number of likely N-dealkylation sites (tertiary alicyclic amines) is 1. The summed E-state index contributed by atoms with van der Waals surface area (Å²) in [6.07, 6.45) is 12.3. The molecule has 32 N–H and O–H groups in total. The lowest BCUT2D eigenvalue weighted by Gasteiger charge is -2.24. The predicted molar refractivity (Wildman–Crippen MR) is 426 cm³/mol. The topological polar surface area (TPSA) is 595 Å². The minimum atomic E-state index is -0.167. The van der Waals surface area contributed by atoms with Crippen LogP contribution < -0.4 is 66.8 Å².